The van der Waals surface area contributed by atoms with Gasteiger partial charge in [-0.2, -0.15) is 5.26 Å². The number of rotatable bonds is 12. The summed E-state index contributed by atoms with van der Waals surface area (Å²) in [5, 5.41) is 9.54. The molecule has 8 nitrogen and oxygen atoms in total. The number of carbonyl (C=O) groups is 2. The first kappa shape index (κ1) is 27.6. The number of nitrogens with one attached hydrogen (secondary N) is 1. The Balaban J connectivity index is 2.10. The zero-order valence-electron chi connectivity index (χ0n) is 20.4. The summed E-state index contributed by atoms with van der Waals surface area (Å²) in [6.45, 7) is 8.68. The second-order valence-corrected chi connectivity index (χ2v) is 10.1. The molecule has 2 aromatic rings. The summed E-state index contributed by atoms with van der Waals surface area (Å²) < 4.78 is 31.0. The maximum absolute atomic E-state index is 12.8. The van der Waals surface area contributed by atoms with Crippen LogP contribution in [-0.4, -0.2) is 45.6 Å². The number of benzene rings is 2. The van der Waals surface area contributed by atoms with E-state index in [-0.39, 0.29) is 35.4 Å². The van der Waals surface area contributed by atoms with Crippen molar-refractivity contribution in [2.24, 2.45) is 5.92 Å². The highest BCUT2D eigenvalue weighted by molar-refractivity contribution is 7.92. The topological polar surface area (TPSA) is 117 Å². The second kappa shape index (κ2) is 12.7. The van der Waals surface area contributed by atoms with Crippen LogP contribution < -0.4 is 9.62 Å². The lowest BCUT2D eigenvalue weighted by atomic mass is 10.0. The average molecular weight is 498 g/mol. The molecule has 0 unspecified atom stereocenters. The Morgan fingerprint density at radius 1 is 1.09 bits per heavy atom. The smallest absolute Gasteiger partial charge is 0.308 e. The molecule has 0 aliphatic heterocycles. The van der Waals surface area contributed by atoms with Gasteiger partial charge in [0.1, 0.15) is 18.2 Å². The van der Waals surface area contributed by atoms with E-state index in [9.17, 15) is 23.3 Å². The van der Waals surface area contributed by atoms with Gasteiger partial charge in [0.2, 0.25) is 15.8 Å². The summed E-state index contributed by atoms with van der Waals surface area (Å²) in [6, 6.07) is 15.3. The minimum atomic E-state index is -3.42. The predicted octanol–water partition coefficient (Wildman–Crippen LogP) is 4.26. The van der Waals surface area contributed by atoms with Crippen molar-refractivity contribution in [3.8, 4) is 6.07 Å². The van der Waals surface area contributed by atoms with Crippen molar-refractivity contribution in [3.05, 3.63) is 65.2 Å². The number of nitriles is 1. The van der Waals surface area contributed by atoms with Crippen LogP contribution in [0.25, 0.3) is 6.08 Å². The van der Waals surface area contributed by atoms with Crippen LogP contribution in [0.4, 0.5) is 11.4 Å². The van der Waals surface area contributed by atoms with E-state index in [0.29, 0.717) is 17.8 Å². The fourth-order valence-corrected chi connectivity index (χ4v) is 3.73. The summed E-state index contributed by atoms with van der Waals surface area (Å²) in [5.74, 6) is -0.911. The molecule has 0 aliphatic rings. The number of Topliss-reactive ketones (excluding diaryl/α,β-unsaturated/α-hetero) is 1. The SMILES string of the molecule is CCN(CCOC(=O)C(C)C)c1ccc(/C=C(/C#N)C(=O)c2ccc(NS(=O)(=O)CC)cc2)cc1. The third-order valence-electron chi connectivity index (χ3n) is 5.19. The number of carbonyl (C=O) groups excluding carboxylic acids is 2. The molecule has 0 saturated heterocycles. The summed E-state index contributed by atoms with van der Waals surface area (Å²) in [6.07, 6.45) is 1.51. The van der Waals surface area contributed by atoms with E-state index < -0.39 is 15.8 Å². The standard InChI is InChI=1S/C26H31N3O5S/c1-5-29(15-16-34-26(31)19(3)4)24-13-7-20(8-14-24)17-22(18-27)25(30)21-9-11-23(12-10-21)28-35(32,33)6-2/h7-14,17,19,28H,5-6,15-16H2,1-4H3/b22-17-. The molecule has 2 rings (SSSR count). The van der Waals surface area contributed by atoms with Gasteiger partial charge in [-0.15, -0.1) is 0 Å². The van der Waals surface area contributed by atoms with Crippen LogP contribution in [0.5, 0.6) is 0 Å². The van der Waals surface area contributed by atoms with Crippen molar-refractivity contribution >= 4 is 39.2 Å². The van der Waals surface area contributed by atoms with Crippen LogP contribution in [0.2, 0.25) is 0 Å². The van der Waals surface area contributed by atoms with Gasteiger partial charge in [0.05, 0.1) is 18.2 Å². The largest absolute Gasteiger partial charge is 0.464 e. The number of likely N-dealkylation sites (N-methyl/N-ethyl adjacent to an activating group) is 1. The minimum absolute atomic E-state index is 0.0346. The van der Waals surface area contributed by atoms with E-state index in [1.165, 1.54) is 37.3 Å². The third-order valence-corrected chi connectivity index (χ3v) is 6.50. The number of hydrogen-bond acceptors (Lipinski definition) is 7. The van der Waals surface area contributed by atoms with Crippen molar-refractivity contribution in [2.75, 3.05) is 35.1 Å². The van der Waals surface area contributed by atoms with Crippen LogP contribution in [0.15, 0.2) is 54.1 Å². The predicted molar refractivity (Wildman–Crippen MR) is 138 cm³/mol. The Hall–Kier alpha value is -3.64. The summed E-state index contributed by atoms with van der Waals surface area (Å²) >= 11 is 0. The second-order valence-electron chi connectivity index (χ2n) is 8.08. The molecule has 0 bridgehead atoms. The highest BCUT2D eigenvalue weighted by Gasteiger charge is 2.14. The molecular formula is C26H31N3O5S. The first-order valence-corrected chi connectivity index (χ1v) is 13.0. The molecular weight excluding hydrogens is 466 g/mol. The van der Waals surface area contributed by atoms with Gasteiger partial charge in [-0.25, -0.2) is 8.42 Å². The van der Waals surface area contributed by atoms with Crippen LogP contribution in [0.3, 0.4) is 0 Å². The van der Waals surface area contributed by atoms with Crippen LogP contribution in [0, 0.1) is 17.2 Å². The molecule has 0 aromatic heterocycles. The van der Waals surface area contributed by atoms with Crippen molar-refractivity contribution in [1.82, 2.24) is 0 Å². The lowest BCUT2D eigenvalue weighted by Crippen LogP contribution is -2.28. The molecule has 0 amide bonds. The number of esters is 1. The maximum atomic E-state index is 12.8. The van der Waals surface area contributed by atoms with Crippen molar-refractivity contribution in [1.29, 1.82) is 5.26 Å². The van der Waals surface area contributed by atoms with E-state index in [1.54, 1.807) is 13.8 Å². The highest BCUT2D eigenvalue weighted by atomic mass is 32.2. The van der Waals surface area contributed by atoms with Gasteiger partial charge in [0, 0.05) is 23.5 Å². The number of ketones is 1. The lowest BCUT2D eigenvalue weighted by Gasteiger charge is -2.23. The molecule has 0 aliphatic carbocycles. The van der Waals surface area contributed by atoms with Gasteiger partial charge in [0.25, 0.3) is 0 Å². The zero-order chi connectivity index (χ0) is 26.0. The number of nitrogens with zero attached hydrogens (tertiary/aromatic N) is 2. The molecule has 9 heteroatoms. The summed E-state index contributed by atoms with van der Waals surface area (Å²) in [5.41, 5.74) is 2.21. The summed E-state index contributed by atoms with van der Waals surface area (Å²) in [4.78, 5) is 26.5. The van der Waals surface area contributed by atoms with E-state index in [0.717, 1.165) is 12.2 Å². The molecule has 1 N–H and O–H groups in total. The van der Waals surface area contributed by atoms with Gasteiger partial charge < -0.3 is 9.64 Å². The molecule has 186 valence electrons. The first-order chi connectivity index (χ1) is 16.6. The van der Waals surface area contributed by atoms with E-state index in [4.69, 9.17) is 4.74 Å². The number of hydrogen-bond donors (Lipinski definition) is 1. The molecule has 0 fully saturated rings. The van der Waals surface area contributed by atoms with E-state index in [1.807, 2.05) is 37.3 Å². The van der Waals surface area contributed by atoms with Crippen LogP contribution in [-0.2, 0) is 19.6 Å². The van der Waals surface area contributed by atoms with Gasteiger partial charge in [0.15, 0.2) is 0 Å². The Morgan fingerprint density at radius 2 is 1.71 bits per heavy atom. The Kier molecular flexibility index (Phi) is 10.0. The average Bonchev–Trinajstić information content (AvgIpc) is 2.85. The molecule has 35 heavy (non-hydrogen) atoms. The molecule has 0 saturated carbocycles. The van der Waals surface area contributed by atoms with Gasteiger partial charge in [-0.05, 0) is 61.9 Å². The van der Waals surface area contributed by atoms with E-state index in [2.05, 4.69) is 9.62 Å². The summed E-state index contributed by atoms with van der Waals surface area (Å²) in [7, 11) is -3.42. The number of anilines is 2. The fraction of sp³-hybridized carbons (Fsp3) is 0.346. The molecule has 0 atom stereocenters. The van der Waals surface area contributed by atoms with Gasteiger partial charge >= 0.3 is 5.97 Å². The maximum Gasteiger partial charge on any atom is 0.308 e. The molecule has 0 radical (unpaired) electrons. The third kappa shape index (κ3) is 8.26. The quantitative estimate of drug-likeness (QED) is 0.201. The first-order valence-electron chi connectivity index (χ1n) is 11.4. The van der Waals surface area contributed by atoms with Crippen LogP contribution >= 0.6 is 0 Å². The number of allylic oxidation sites excluding steroid dienone is 1. The minimum Gasteiger partial charge on any atom is -0.464 e. The lowest BCUT2D eigenvalue weighted by molar-refractivity contribution is -0.146. The van der Waals surface area contributed by atoms with Gasteiger partial charge in [-0.1, -0.05) is 26.0 Å². The monoisotopic (exact) mass is 497 g/mol. The Labute approximate surface area is 207 Å². The Morgan fingerprint density at radius 3 is 2.23 bits per heavy atom. The zero-order valence-corrected chi connectivity index (χ0v) is 21.3. The molecule has 0 heterocycles. The van der Waals surface area contributed by atoms with Crippen molar-refractivity contribution in [2.45, 2.75) is 27.7 Å². The normalized spacial score (nSPS) is 11.6. The van der Waals surface area contributed by atoms with Crippen molar-refractivity contribution < 1.29 is 22.7 Å². The number of sulfonamides is 1. The Bertz CT molecular complexity index is 1200. The van der Waals surface area contributed by atoms with Crippen molar-refractivity contribution in [3.63, 3.8) is 0 Å². The van der Waals surface area contributed by atoms with E-state index >= 15 is 0 Å². The molecule has 0 spiro atoms. The number of ether oxygens (including phenoxy) is 1. The van der Waals surface area contributed by atoms with Gasteiger partial charge in [-0.3, -0.25) is 14.3 Å². The fourth-order valence-electron chi connectivity index (χ4n) is 3.09. The van der Waals surface area contributed by atoms with Crippen LogP contribution in [0.1, 0.15) is 43.6 Å². The molecule has 2 aromatic carbocycles. The highest BCUT2D eigenvalue weighted by Crippen LogP contribution is 2.19.